The second-order valence-corrected chi connectivity index (χ2v) is 7.40. The second-order valence-electron chi connectivity index (χ2n) is 5.80. The Morgan fingerprint density at radius 1 is 1.23 bits per heavy atom. The van der Waals surface area contributed by atoms with E-state index >= 15 is 0 Å². The Balaban J connectivity index is 1.52. The quantitative estimate of drug-likeness (QED) is 0.686. The largest absolute Gasteiger partial charge is 0.494 e. The number of hydrogen-bond acceptors (Lipinski definition) is 8. The molecule has 7 nitrogen and oxygen atoms in total. The third kappa shape index (κ3) is 5.16. The van der Waals surface area contributed by atoms with E-state index in [1.165, 1.54) is 11.3 Å². The maximum absolute atomic E-state index is 10.3. The topological polar surface area (TPSA) is 69.0 Å². The highest BCUT2D eigenvalue weighted by Gasteiger charge is 2.17. The van der Waals surface area contributed by atoms with E-state index in [0.717, 1.165) is 24.0 Å². The summed E-state index contributed by atoms with van der Waals surface area (Å²) in [6.45, 7) is 6.05. The van der Waals surface area contributed by atoms with E-state index in [-0.39, 0.29) is 6.61 Å². The van der Waals surface area contributed by atoms with Gasteiger partial charge in [0.15, 0.2) is 3.95 Å². The van der Waals surface area contributed by atoms with Gasteiger partial charge in [-0.2, -0.15) is 0 Å². The first kappa shape index (κ1) is 19.1. The second kappa shape index (κ2) is 9.31. The first-order valence-electron chi connectivity index (χ1n) is 8.60. The van der Waals surface area contributed by atoms with E-state index < -0.39 is 6.10 Å². The molecular weight excluding hydrogens is 374 g/mol. The molecule has 0 unspecified atom stereocenters. The van der Waals surface area contributed by atoms with Crippen LogP contribution in [0.1, 0.15) is 6.92 Å². The number of anilines is 1. The van der Waals surface area contributed by atoms with Crippen LogP contribution in [0.4, 0.5) is 5.13 Å². The Morgan fingerprint density at radius 2 is 1.88 bits per heavy atom. The van der Waals surface area contributed by atoms with E-state index in [2.05, 4.69) is 10.00 Å². The maximum atomic E-state index is 10.3. The molecule has 9 heteroatoms. The predicted octanol–water partition coefficient (Wildman–Crippen LogP) is 2.35. The van der Waals surface area contributed by atoms with Crippen LogP contribution in [0.5, 0.6) is 11.5 Å². The zero-order chi connectivity index (χ0) is 18.4. The van der Waals surface area contributed by atoms with Gasteiger partial charge in [0.05, 0.1) is 26.4 Å². The van der Waals surface area contributed by atoms with Crippen LogP contribution in [0.15, 0.2) is 24.3 Å². The number of nitrogens with zero attached hydrogens (tertiary/aromatic N) is 3. The van der Waals surface area contributed by atoms with Gasteiger partial charge in [0, 0.05) is 13.1 Å². The average molecular weight is 398 g/mol. The van der Waals surface area contributed by atoms with E-state index in [9.17, 15) is 5.11 Å². The van der Waals surface area contributed by atoms with Gasteiger partial charge >= 0.3 is 0 Å². The normalized spacial score (nSPS) is 15.7. The fourth-order valence-electron chi connectivity index (χ4n) is 2.54. The number of benzene rings is 1. The number of rotatable bonds is 8. The molecule has 0 saturated carbocycles. The molecular formula is C17H23N3O4S2. The van der Waals surface area contributed by atoms with Crippen LogP contribution >= 0.6 is 23.6 Å². The lowest BCUT2D eigenvalue weighted by molar-refractivity contribution is 0.0889. The standard InChI is InChI=1S/C17H23N3O4S2/c1-2-23-14-3-5-15(6-4-14)24-12-13(21)11-20-17(25)26-16(18-20)19-7-9-22-10-8-19/h3-6,13,21H,2,7-12H2,1H3/t13-/m0/s1. The van der Waals surface area contributed by atoms with Crippen molar-refractivity contribution in [2.24, 2.45) is 0 Å². The van der Waals surface area contributed by atoms with Crippen molar-refractivity contribution in [2.75, 3.05) is 44.4 Å². The molecule has 0 spiro atoms. The molecule has 1 aliphatic heterocycles. The molecule has 1 atom stereocenters. The molecule has 2 heterocycles. The van der Waals surface area contributed by atoms with Gasteiger partial charge in [0.25, 0.3) is 0 Å². The van der Waals surface area contributed by atoms with Crippen LogP contribution in [-0.2, 0) is 11.3 Å². The van der Waals surface area contributed by atoms with Gasteiger partial charge in [-0.25, -0.2) is 4.68 Å². The van der Waals surface area contributed by atoms with Gasteiger partial charge in [-0.3, -0.25) is 0 Å². The molecule has 0 aliphatic carbocycles. The molecule has 1 N–H and O–H groups in total. The van der Waals surface area contributed by atoms with Crippen LogP contribution in [0.25, 0.3) is 0 Å². The Kier molecular flexibility index (Phi) is 6.84. The monoisotopic (exact) mass is 397 g/mol. The molecule has 1 saturated heterocycles. The number of aliphatic hydroxyl groups is 1. The fourth-order valence-corrected chi connectivity index (χ4v) is 3.70. The first-order valence-corrected chi connectivity index (χ1v) is 9.82. The summed E-state index contributed by atoms with van der Waals surface area (Å²) in [5, 5.41) is 15.7. The Morgan fingerprint density at radius 3 is 2.54 bits per heavy atom. The summed E-state index contributed by atoms with van der Waals surface area (Å²) in [5.41, 5.74) is 0. The lowest BCUT2D eigenvalue weighted by atomic mass is 10.3. The summed E-state index contributed by atoms with van der Waals surface area (Å²) < 4.78 is 18.7. The molecule has 1 aromatic carbocycles. The van der Waals surface area contributed by atoms with E-state index in [4.69, 9.17) is 26.4 Å². The van der Waals surface area contributed by atoms with E-state index in [1.54, 1.807) is 4.68 Å². The Hall–Kier alpha value is -1.68. The van der Waals surface area contributed by atoms with Gasteiger partial charge in [-0.15, -0.1) is 5.10 Å². The number of ether oxygens (including phenoxy) is 3. The minimum atomic E-state index is -0.701. The van der Waals surface area contributed by atoms with E-state index in [1.807, 2.05) is 31.2 Å². The van der Waals surface area contributed by atoms with Crippen molar-refractivity contribution in [1.29, 1.82) is 0 Å². The maximum Gasteiger partial charge on any atom is 0.207 e. The lowest BCUT2D eigenvalue weighted by Crippen LogP contribution is -2.36. The highest BCUT2D eigenvalue weighted by atomic mass is 32.1. The van der Waals surface area contributed by atoms with Crippen LogP contribution in [0, 0.1) is 3.95 Å². The van der Waals surface area contributed by atoms with Gasteiger partial charge in [0.1, 0.15) is 24.2 Å². The van der Waals surface area contributed by atoms with Crippen molar-refractivity contribution in [3.05, 3.63) is 28.2 Å². The van der Waals surface area contributed by atoms with Crippen molar-refractivity contribution in [3.63, 3.8) is 0 Å². The van der Waals surface area contributed by atoms with Gasteiger partial charge in [-0.1, -0.05) is 11.3 Å². The van der Waals surface area contributed by atoms with Gasteiger partial charge in [-0.05, 0) is 43.4 Å². The van der Waals surface area contributed by atoms with Crippen molar-refractivity contribution >= 4 is 28.7 Å². The van der Waals surface area contributed by atoms with E-state index in [0.29, 0.717) is 36.1 Å². The van der Waals surface area contributed by atoms with Crippen molar-refractivity contribution in [1.82, 2.24) is 9.78 Å². The zero-order valence-corrected chi connectivity index (χ0v) is 16.3. The Labute approximate surface area is 161 Å². The third-order valence-corrected chi connectivity index (χ3v) is 5.21. The molecule has 0 bridgehead atoms. The number of morpholine rings is 1. The average Bonchev–Trinajstić information content (AvgIpc) is 3.03. The first-order chi connectivity index (χ1) is 12.7. The highest BCUT2D eigenvalue weighted by molar-refractivity contribution is 7.73. The summed E-state index contributed by atoms with van der Waals surface area (Å²) in [7, 11) is 0. The molecule has 26 heavy (non-hydrogen) atoms. The van der Waals surface area contributed by atoms with Crippen molar-refractivity contribution in [2.45, 2.75) is 19.6 Å². The third-order valence-electron chi connectivity index (χ3n) is 3.84. The van der Waals surface area contributed by atoms with Crippen LogP contribution < -0.4 is 14.4 Å². The van der Waals surface area contributed by atoms with Crippen LogP contribution in [-0.4, -0.2) is 60.5 Å². The molecule has 1 aliphatic rings. The van der Waals surface area contributed by atoms with Crippen molar-refractivity contribution < 1.29 is 19.3 Å². The minimum absolute atomic E-state index is 0.167. The number of aliphatic hydroxyl groups excluding tert-OH is 1. The Bertz CT molecular complexity index is 741. The number of hydrogen-bond donors (Lipinski definition) is 1. The summed E-state index contributed by atoms with van der Waals surface area (Å²) >= 11 is 6.83. The molecule has 0 amide bonds. The summed E-state index contributed by atoms with van der Waals surface area (Å²) in [5.74, 6) is 1.48. The molecule has 1 fully saturated rings. The summed E-state index contributed by atoms with van der Waals surface area (Å²) in [6.07, 6.45) is -0.701. The molecule has 0 radical (unpaired) electrons. The zero-order valence-electron chi connectivity index (χ0n) is 14.7. The number of aromatic nitrogens is 2. The minimum Gasteiger partial charge on any atom is -0.494 e. The summed E-state index contributed by atoms with van der Waals surface area (Å²) in [6, 6.07) is 7.33. The summed E-state index contributed by atoms with van der Waals surface area (Å²) in [4.78, 5) is 2.16. The van der Waals surface area contributed by atoms with Gasteiger partial charge in [0.2, 0.25) is 5.13 Å². The van der Waals surface area contributed by atoms with Crippen LogP contribution in [0.3, 0.4) is 0 Å². The fraction of sp³-hybridized carbons (Fsp3) is 0.529. The molecule has 1 aromatic heterocycles. The van der Waals surface area contributed by atoms with Crippen LogP contribution in [0.2, 0.25) is 0 Å². The lowest BCUT2D eigenvalue weighted by Gasteiger charge is -2.25. The molecule has 2 aromatic rings. The SMILES string of the molecule is CCOc1ccc(OC[C@@H](O)Cn2nc(N3CCOCC3)sc2=S)cc1. The molecule has 142 valence electrons. The predicted molar refractivity (Wildman–Crippen MR) is 103 cm³/mol. The molecule has 3 rings (SSSR count). The highest BCUT2D eigenvalue weighted by Crippen LogP contribution is 2.21. The van der Waals surface area contributed by atoms with Gasteiger partial charge < -0.3 is 24.2 Å². The van der Waals surface area contributed by atoms with Crippen molar-refractivity contribution in [3.8, 4) is 11.5 Å². The smallest absolute Gasteiger partial charge is 0.207 e.